The van der Waals surface area contributed by atoms with Crippen LogP contribution >= 0.6 is 15.9 Å². The van der Waals surface area contributed by atoms with Crippen molar-refractivity contribution in [3.05, 3.63) is 33.8 Å². The number of benzene rings is 1. The highest BCUT2D eigenvalue weighted by Gasteiger charge is 2.27. The normalized spacial score (nSPS) is 18.5. The number of halogens is 1. The van der Waals surface area contributed by atoms with E-state index in [1.165, 1.54) is 0 Å². The van der Waals surface area contributed by atoms with Crippen molar-refractivity contribution in [1.29, 1.82) is 0 Å². The van der Waals surface area contributed by atoms with Gasteiger partial charge in [-0.05, 0) is 17.7 Å². The molecule has 0 saturated carbocycles. The largest absolute Gasteiger partial charge is 0.378 e. The van der Waals surface area contributed by atoms with E-state index in [1.54, 1.807) is 0 Å². The van der Waals surface area contributed by atoms with Gasteiger partial charge < -0.3 is 9.64 Å². The van der Waals surface area contributed by atoms with E-state index in [9.17, 15) is 4.79 Å². The highest BCUT2D eigenvalue weighted by molar-refractivity contribution is 9.10. The molecule has 2 heterocycles. The van der Waals surface area contributed by atoms with Gasteiger partial charge in [0.25, 0.3) is 5.91 Å². The molecule has 0 spiro atoms. The number of ether oxygens (including phenoxy) is 1. The van der Waals surface area contributed by atoms with Gasteiger partial charge in [0.2, 0.25) is 0 Å². The molecule has 0 aliphatic carbocycles. The Hall–Kier alpha value is -1.20. The maximum absolute atomic E-state index is 12.4. The minimum Gasteiger partial charge on any atom is -0.378 e. The molecule has 1 amide bonds. The Kier molecular flexibility index (Phi) is 3.18. The molecule has 0 unspecified atom stereocenters. The number of aliphatic imine (C=N–C) groups is 1. The van der Waals surface area contributed by atoms with Crippen molar-refractivity contribution in [2.75, 3.05) is 26.3 Å². The van der Waals surface area contributed by atoms with Crippen molar-refractivity contribution in [1.82, 2.24) is 4.90 Å². The van der Waals surface area contributed by atoms with Gasteiger partial charge in [-0.2, -0.15) is 0 Å². The van der Waals surface area contributed by atoms with Crippen LogP contribution in [-0.4, -0.2) is 42.8 Å². The van der Waals surface area contributed by atoms with Gasteiger partial charge in [-0.1, -0.05) is 22.0 Å². The van der Waals surface area contributed by atoms with Crippen LogP contribution in [0.1, 0.15) is 11.1 Å². The van der Waals surface area contributed by atoms with Crippen LogP contribution in [0.3, 0.4) is 0 Å². The Balaban J connectivity index is 1.84. The number of morpholine rings is 1. The molecule has 4 nitrogen and oxygen atoms in total. The smallest absolute Gasteiger partial charge is 0.272 e. The van der Waals surface area contributed by atoms with Crippen LogP contribution in [0.25, 0.3) is 0 Å². The second-order valence-electron chi connectivity index (χ2n) is 4.37. The topological polar surface area (TPSA) is 41.9 Å². The molecular formula is C13H13BrN2O2. The van der Waals surface area contributed by atoms with E-state index in [1.807, 2.05) is 23.1 Å². The zero-order valence-corrected chi connectivity index (χ0v) is 11.4. The summed E-state index contributed by atoms with van der Waals surface area (Å²) in [5, 5.41) is 0. The van der Waals surface area contributed by atoms with E-state index in [2.05, 4.69) is 20.9 Å². The fourth-order valence-electron chi connectivity index (χ4n) is 2.27. The number of rotatable bonds is 1. The van der Waals surface area contributed by atoms with Crippen LogP contribution in [0.15, 0.2) is 27.7 Å². The first-order valence-corrected chi connectivity index (χ1v) is 6.75. The van der Waals surface area contributed by atoms with Crippen LogP contribution in [-0.2, 0) is 16.1 Å². The minimum atomic E-state index is 0.0272. The molecular weight excluding hydrogens is 296 g/mol. The Bertz CT molecular complexity index is 522. The van der Waals surface area contributed by atoms with E-state index in [-0.39, 0.29) is 5.91 Å². The number of hydrogen-bond acceptors (Lipinski definition) is 3. The maximum Gasteiger partial charge on any atom is 0.272 e. The van der Waals surface area contributed by atoms with Gasteiger partial charge in [0, 0.05) is 23.1 Å². The van der Waals surface area contributed by atoms with Gasteiger partial charge >= 0.3 is 0 Å². The van der Waals surface area contributed by atoms with E-state index in [0.717, 1.165) is 15.6 Å². The Morgan fingerprint density at radius 1 is 1.33 bits per heavy atom. The average molecular weight is 309 g/mol. The predicted molar refractivity (Wildman–Crippen MR) is 71.8 cm³/mol. The van der Waals surface area contributed by atoms with Gasteiger partial charge in [-0.3, -0.25) is 9.79 Å². The summed E-state index contributed by atoms with van der Waals surface area (Å²) < 4.78 is 6.28. The number of carbonyl (C=O) groups is 1. The van der Waals surface area contributed by atoms with Crippen molar-refractivity contribution in [2.24, 2.45) is 4.99 Å². The summed E-state index contributed by atoms with van der Waals surface area (Å²) in [6.45, 7) is 3.14. The second kappa shape index (κ2) is 4.82. The highest BCUT2D eigenvalue weighted by atomic mass is 79.9. The molecule has 0 aromatic heterocycles. The van der Waals surface area contributed by atoms with Crippen LogP contribution in [0.2, 0.25) is 0 Å². The SMILES string of the molecule is O=C(C1=NCc2cc(Br)ccc21)N1CCOCC1. The second-order valence-corrected chi connectivity index (χ2v) is 5.29. The summed E-state index contributed by atoms with van der Waals surface area (Å²) in [6.07, 6.45) is 0. The number of amides is 1. The molecule has 3 rings (SSSR count). The van der Waals surface area contributed by atoms with Gasteiger partial charge in [0.15, 0.2) is 0 Å². The molecule has 18 heavy (non-hydrogen) atoms. The predicted octanol–water partition coefficient (Wildman–Crippen LogP) is 1.61. The molecule has 0 atom stereocenters. The van der Waals surface area contributed by atoms with E-state index in [0.29, 0.717) is 38.6 Å². The molecule has 2 aliphatic rings. The summed E-state index contributed by atoms with van der Waals surface area (Å²) in [5.74, 6) is 0.0272. The number of hydrogen-bond donors (Lipinski definition) is 0. The standard InChI is InChI=1S/C13H13BrN2O2/c14-10-1-2-11-9(7-10)8-15-12(11)13(17)16-3-5-18-6-4-16/h1-2,7H,3-6,8H2. The van der Waals surface area contributed by atoms with Gasteiger partial charge in [0.1, 0.15) is 5.71 Å². The fraction of sp³-hybridized carbons (Fsp3) is 0.385. The van der Waals surface area contributed by atoms with Crippen molar-refractivity contribution in [3.8, 4) is 0 Å². The third-order valence-electron chi connectivity index (χ3n) is 3.23. The third-order valence-corrected chi connectivity index (χ3v) is 3.72. The van der Waals surface area contributed by atoms with E-state index >= 15 is 0 Å². The summed E-state index contributed by atoms with van der Waals surface area (Å²) in [7, 11) is 0. The number of carbonyl (C=O) groups excluding carboxylic acids is 1. The zero-order valence-electron chi connectivity index (χ0n) is 9.86. The van der Waals surface area contributed by atoms with Crippen molar-refractivity contribution >= 4 is 27.5 Å². The lowest BCUT2D eigenvalue weighted by Gasteiger charge is -2.26. The average Bonchev–Trinajstić information content (AvgIpc) is 2.81. The van der Waals surface area contributed by atoms with Gasteiger partial charge in [0.05, 0.1) is 19.8 Å². The van der Waals surface area contributed by atoms with Crippen LogP contribution < -0.4 is 0 Å². The molecule has 5 heteroatoms. The Labute approximate surface area is 114 Å². The van der Waals surface area contributed by atoms with E-state index in [4.69, 9.17) is 4.74 Å². The molecule has 0 bridgehead atoms. The first-order chi connectivity index (χ1) is 8.75. The van der Waals surface area contributed by atoms with Crippen LogP contribution in [0.5, 0.6) is 0 Å². The van der Waals surface area contributed by atoms with Gasteiger partial charge in [-0.25, -0.2) is 0 Å². The quantitative estimate of drug-likeness (QED) is 0.791. The van der Waals surface area contributed by atoms with E-state index < -0.39 is 0 Å². The molecule has 1 fully saturated rings. The van der Waals surface area contributed by atoms with Crippen LogP contribution in [0.4, 0.5) is 0 Å². The first-order valence-electron chi connectivity index (χ1n) is 5.96. The lowest BCUT2D eigenvalue weighted by Crippen LogP contribution is -2.44. The molecule has 1 aromatic rings. The van der Waals surface area contributed by atoms with Crippen molar-refractivity contribution in [2.45, 2.75) is 6.54 Å². The summed E-state index contributed by atoms with van der Waals surface area (Å²) in [4.78, 5) is 18.6. The molecule has 0 radical (unpaired) electrons. The summed E-state index contributed by atoms with van der Waals surface area (Å²) in [5.41, 5.74) is 2.68. The fourth-order valence-corrected chi connectivity index (χ4v) is 2.68. The number of nitrogens with zero attached hydrogens (tertiary/aromatic N) is 2. The molecule has 1 saturated heterocycles. The van der Waals surface area contributed by atoms with Crippen LogP contribution in [0, 0.1) is 0 Å². The lowest BCUT2D eigenvalue weighted by molar-refractivity contribution is -0.127. The first kappa shape index (κ1) is 11.9. The molecule has 0 N–H and O–H groups in total. The van der Waals surface area contributed by atoms with Crippen molar-refractivity contribution < 1.29 is 9.53 Å². The minimum absolute atomic E-state index is 0.0272. The molecule has 2 aliphatic heterocycles. The van der Waals surface area contributed by atoms with Crippen molar-refractivity contribution in [3.63, 3.8) is 0 Å². The summed E-state index contributed by atoms with van der Waals surface area (Å²) >= 11 is 3.44. The lowest BCUT2D eigenvalue weighted by atomic mass is 10.1. The zero-order chi connectivity index (χ0) is 12.5. The maximum atomic E-state index is 12.4. The third kappa shape index (κ3) is 2.08. The molecule has 1 aromatic carbocycles. The highest BCUT2D eigenvalue weighted by Crippen LogP contribution is 2.24. The Morgan fingerprint density at radius 3 is 2.89 bits per heavy atom. The monoisotopic (exact) mass is 308 g/mol. The summed E-state index contributed by atoms with van der Waals surface area (Å²) in [6, 6.07) is 5.94. The molecule has 94 valence electrons. The number of fused-ring (bicyclic) bond motifs is 1. The Morgan fingerprint density at radius 2 is 2.11 bits per heavy atom. The van der Waals surface area contributed by atoms with Gasteiger partial charge in [-0.15, -0.1) is 0 Å².